The lowest BCUT2D eigenvalue weighted by Gasteiger charge is -2.05. The van der Waals surface area contributed by atoms with Gasteiger partial charge in [0, 0.05) is 5.57 Å². The van der Waals surface area contributed by atoms with E-state index in [-0.39, 0.29) is 0 Å². The molecule has 0 saturated carbocycles. The highest BCUT2D eigenvalue weighted by Gasteiger charge is 2.03. The van der Waals surface area contributed by atoms with E-state index in [9.17, 15) is 4.79 Å². The lowest BCUT2D eigenvalue weighted by Crippen LogP contribution is -2.23. The Balaban J connectivity index is 0. The molecule has 1 atom stereocenters. The molecule has 1 unspecified atom stereocenters. The van der Waals surface area contributed by atoms with Gasteiger partial charge < -0.3 is 9.64 Å². The molecule has 4 nitrogen and oxygen atoms in total. The van der Waals surface area contributed by atoms with Crippen molar-refractivity contribution < 1.29 is 9.53 Å². The van der Waals surface area contributed by atoms with Crippen LogP contribution in [0.15, 0.2) is 12.2 Å². The lowest BCUT2D eigenvalue weighted by atomic mass is 10.4. The van der Waals surface area contributed by atoms with Crippen molar-refractivity contribution in [1.29, 1.82) is 0 Å². The second-order valence-electron chi connectivity index (χ2n) is 3.23. The summed E-state index contributed by atoms with van der Waals surface area (Å²) in [6, 6.07) is 0. The summed E-state index contributed by atoms with van der Waals surface area (Å²) in [5.41, 5.74) is 5.51. The normalized spacial score (nSPS) is 11.3. The molecule has 0 aromatic carbocycles. The van der Waals surface area contributed by atoms with Crippen LogP contribution in [0.3, 0.4) is 0 Å². The second kappa shape index (κ2) is 7.76. The molecule has 78 valence electrons. The summed E-state index contributed by atoms with van der Waals surface area (Å²) < 4.78 is 4.55. The molecule has 0 saturated heterocycles. The summed E-state index contributed by atoms with van der Waals surface area (Å²) >= 11 is 0. The van der Waals surface area contributed by atoms with Crippen LogP contribution in [0.25, 0.3) is 0 Å². The zero-order valence-electron chi connectivity index (χ0n) is 9.13. The monoisotopic (exact) mass is 188 g/mol. The molecule has 0 radical (unpaired) electrons. The summed E-state index contributed by atoms with van der Waals surface area (Å²) in [4.78, 5) is 12.6. The van der Waals surface area contributed by atoms with Crippen LogP contribution in [0.5, 0.6) is 0 Å². The molecule has 0 bridgehead atoms. The van der Waals surface area contributed by atoms with E-state index in [0.29, 0.717) is 5.57 Å². The van der Waals surface area contributed by atoms with Gasteiger partial charge >= 0.3 is 5.97 Å². The van der Waals surface area contributed by atoms with Gasteiger partial charge in [-0.15, -0.1) is 0 Å². The van der Waals surface area contributed by atoms with Gasteiger partial charge in [-0.2, -0.15) is 0 Å². The van der Waals surface area contributed by atoms with Crippen LogP contribution < -0.4 is 5.73 Å². The Morgan fingerprint density at radius 2 is 1.77 bits per heavy atom. The van der Waals surface area contributed by atoms with Crippen molar-refractivity contribution in [3.05, 3.63) is 12.2 Å². The van der Waals surface area contributed by atoms with E-state index in [0.717, 1.165) is 0 Å². The van der Waals surface area contributed by atoms with E-state index < -0.39 is 12.2 Å². The molecule has 0 spiro atoms. The molecule has 0 rings (SSSR count). The number of esters is 1. The van der Waals surface area contributed by atoms with Crippen LogP contribution in [0.2, 0.25) is 0 Å². The molecule has 0 fully saturated rings. The predicted molar refractivity (Wildman–Crippen MR) is 54.2 cm³/mol. The van der Waals surface area contributed by atoms with Crippen molar-refractivity contribution in [2.45, 2.75) is 20.1 Å². The summed E-state index contributed by atoms with van der Waals surface area (Å²) in [5, 5.41) is 0. The van der Waals surface area contributed by atoms with E-state index in [4.69, 9.17) is 5.73 Å². The van der Waals surface area contributed by atoms with Crippen LogP contribution in [-0.4, -0.2) is 38.2 Å². The Morgan fingerprint density at radius 3 is 1.85 bits per heavy atom. The van der Waals surface area contributed by atoms with E-state index in [1.807, 2.05) is 26.0 Å². The molecular weight excluding hydrogens is 168 g/mol. The molecule has 0 aromatic heterocycles. The largest absolute Gasteiger partial charge is 0.444 e. The first-order valence-corrected chi connectivity index (χ1v) is 4.00. The first-order chi connectivity index (χ1) is 5.77. The van der Waals surface area contributed by atoms with Crippen LogP contribution in [0.4, 0.5) is 0 Å². The number of hydrogen-bond donors (Lipinski definition) is 1. The molecule has 0 aliphatic rings. The summed E-state index contributed by atoms with van der Waals surface area (Å²) in [6.07, 6.45) is -0.547. The van der Waals surface area contributed by atoms with E-state index >= 15 is 0 Å². The van der Waals surface area contributed by atoms with Gasteiger partial charge in [0.25, 0.3) is 0 Å². The van der Waals surface area contributed by atoms with Crippen LogP contribution >= 0.6 is 0 Å². The quantitative estimate of drug-likeness (QED) is 0.391. The average Bonchev–Trinajstić information content (AvgIpc) is 1.83. The molecule has 0 aliphatic carbocycles. The van der Waals surface area contributed by atoms with Gasteiger partial charge in [-0.25, -0.2) is 4.79 Å². The number of carbonyl (C=O) groups is 1. The summed E-state index contributed by atoms with van der Waals surface area (Å²) in [5.74, 6) is -0.440. The first-order valence-electron chi connectivity index (χ1n) is 4.00. The average molecular weight is 188 g/mol. The minimum Gasteiger partial charge on any atom is -0.444 e. The minimum atomic E-state index is -0.547. The molecule has 4 heteroatoms. The molecule has 0 heterocycles. The van der Waals surface area contributed by atoms with Gasteiger partial charge in [0.05, 0.1) is 0 Å². The maximum atomic E-state index is 10.6. The number of nitrogens with two attached hydrogens (primary N) is 1. The minimum absolute atomic E-state index is 0.368. The summed E-state index contributed by atoms with van der Waals surface area (Å²) in [7, 11) is 6.00. The lowest BCUT2D eigenvalue weighted by molar-refractivity contribution is -0.143. The van der Waals surface area contributed by atoms with Gasteiger partial charge in [-0.1, -0.05) is 6.58 Å². The Bertz CT molecular complexity index is 162. The first kappa shape index (κ1) is 14.6. The molecule has 0 amide bonds. The number of carbonyl (C=O) groups excluding carboxylic acids is 1. The van der Waals surface area contributed by atoms with Crippen LogP contribution in [-0.2, 0) is 9.53 Å². The third-order valence-electron chi connectivity index (χ3n) is 0.641. The highest BCUT2D eigenvalue weighted by molar-refractivity contribution is 5.86. The predicted octanol–water partition coefficient (Wildman–Crippen LogP) is 0.588. The zero-order chi connectivity index (χ0) is 11.0. The maximum absolute atomic E-state index is 10.6. The number of hydrogen-bond acceptors (Lipinski definition) is 4. The van der Waals surface area contributed by atoms with Crippen molar-refractivity contribution >= 4 is 5.97 Å². The Labute approximate surface area is 80.3 Å². The van der Waals surface area contributed by atoms with Crippen molar-refractivity contribution in [2.75, 3.05) is 21.1 Å². The van der Waals surface area contributed by atoms with Crippen molar-refractivity contribution in [2.24, 2.45) is 5.73 Å². The fraction of sp³-hybridized carbons (Fsp3) is 0.667. The molecular formula is C9H20N2O2. The molecule has 13 heavy (non-hydrogen) atoms. The zero-order valence-corrected chi connectivity index (χ0v) is 9.13. The van der Waals surface area contributed by atoms with Gasteiger partial charge in [0.15, 0.2) is 0 Å². The van der Waals surface area contributed by atoms with Crippen LogP contribution in [0, 0.1) is 0 Å². The van der Waals surface area contributed by atoms with Gasteiger partial charge in [-0.3, -0.25) is 5.73 Å². The topological polar surface area (TPSA) is 55.6 Å². The third-order valence-corrected chi connectivity index (χ3v) is 0.641. The highest BCUT2D eigenvalue weighted by atomic mass is 16.6. The Morgan fingerprint density at radius 1 is 1.46 bits per heavy atom. The van der Waals surface area contributed by atoms with Crippen molar-refractivity contribution in [3.63, 3.8) is 0 Å². The van der Waals surface area contributed by atoms with E-state index in [1.165, 1.54) is 0 Å². The third kappa shape index (κ3) is 18.2. The number of ether oxygens (including phenoxy) is 1. The molecule has 2 N–H and O–H groups in total. The number of rotatable bonds is 2. The summed E-state index contributed by atoms with van der Waals surface area (Å²) in [6.45, 7) is 6.54. The Hall–Kier alpha value is -0.870. The maximum Gasteiger partial charge on any atom is 0.334 e. The van der Waals surface area contributed by atoms with Gasteiger partial charge in [0.1, 0.15) is 6.23 Å². The smallest absolute Gasteiger partial charge is 0.334 e. The van der Waals surface area contributed by atoms with Crippen molar-refractivity contribution in [1.82, 2.24) is 4.90 Å². The number of nitrogens with zero attached hydrogens (tertiary/aromatic N) is 1. The fourth-order valence-corrected chi connectivity index (χ4v) is 0.269. The van der Waals surface area contributed by atoms with E-state index in [1.54, 1.807) is 13.8 Å². The van der Waals surface area contributed by atoms with Crippen molar-refractivity contribution in [3.8, 4) is 0 Å². The standard InChI is InChI=1S/C6H11NO2.C3H9N/c1-4(2)6(8)9-5(3)7;1-4(2)3/h5H,1,7H2,2-3H3;1-3H3. The molecule has 0 aromatic rings. The van der Waals surface area contributed by atoms with Gasteiger partial charge in [0.2, 0.25) is 0 Å². The second-order valence-corrected chi connectivity index (χ2v) is 3.23. The van der Waals surface area contributed by atoms with Crippen LogP contribution in [0.1, 0.15) is 13.8 Å². The fourth-order valence-electron chi connectivity index (χ4n) is 0.269. The van der Waals surface area contributed by atoms with Gasteiger partial charge in [-0.05, 0) is 35.0 Å². The highest BCUT2D eigenvalue weighted by Crippen LogP contribution is 1.92. The SMILES string of the molecule is C=C(C)C(=O)OC(C)N.CN(C)C. The van der Waals surface area contributed by atoms with E-state index in [2.05, 4.69) is 11.3 Å². The molecule has 0 aliphatic heterocycles. The Kier molecular flexibility index (Phi) is 8.74.